The van der Waals surface area contributed by atoms with Gasteiger partial charge in [0.15, 0.2) is 5.16 Å². The van der Waals surface area contributed by atoms with Crippen LogP contribution in [0.15, 0.2) is 82.7 Å². The molecule has 0 spiro atoms. The maximum absolute atomic E-state index is 13.3. The molecule has 0 aliphatic carbocycles. The van der Waals surface area contributed by atoms with Crippen LogP contribution in [0.1, 0.15) is 6.92 Å². The van der Waals surface area contributed by atoms with Crippen molar-refractivity contribution in [3.63, 3.8) is 0 Å². The first-order valence-corrected chi connectivity index (χ1v) is 11.1. The molecule has 1 amide bonds. The summed E-state index contributed by atoms with van der Waals surface area (Å²) in [6.07, 6.45) is 0. The van der Waals surface area contributed by atoms with E-state index >= 15 is 0 Å². The Morgan fingerprint density at radius 2 is 1.85 bits per heavy atom. The number of para-hydroxylation sites is 1. The van der Waals surface area contributed by atoms with E-state index in [1.165, 1.54) is 22.8 Å². The number of hydrogen-bond acceptors (Lipinski definition) is 6. The standard InChI is InChI=1S/C23H17ClN4O4S/c1-14(21(29)25-16-5-4-6-18(13-16)28(31)32)33-23-26-20-8-3-2-7-19(20)22(30)27(23)17-11-9-15(24)10-12-17/h2-14H,1H3,(H,25,29). The Kier molecular flexibility index (Phi) is 6.43. The minimum atomic E-state index is -0.657. The summed E-state index contributed by atoms with van der Waals surface area (Å²) in [4.78, 5) is 41.2. The maximum Gasteiger partial charge on any atom is 0.271 e. The number of fused-ring (bicyclic) bond motifs is 1. The minimum absolute atomic E-state index is 0.124. The second kappa shape index (κ2) is 9.43. The number of rotatable bonds is 6. The van der Waals surface area contributed by atoms with Crippen molar-refractivity contribution in [3.8, 4) is 5.69 Å². The lowest BCUT2D eigenvalue weighted by Crippen LogP contribution is -2.26. The number of carbonyl (C=O) groups is 1. The van der Waals surface area contributed by atoms with E-state index in [0.29, 0.717) is 32.5 Å². The number of benzene rings is 3. The van der Waals surface area contributed by atoms with Gasteiger partial charge in [-0.2, -0.15) is 0 Å². The first kappa shape index (κ1) is 22.5. The van der Waals surface area contributed by atoms with Gasteiger partial charge in [0.25, 0.3) is 11.2 Å². The van der Waals surface area contributed by atoms with E-state index in [4.69, 9.17) is 11.6 Å². The zero-order chi connectivity index (χ0) is 23.5. The molecule has 4 rings (SSSR count). The summed E-state index contributed by atoms with van der Waals surface area (Å²) in [6, 6.07) is 19.4. The zero-order valence-corrected chi connectivity index (χ0v) is 18.8. The third-order valence-electron chi connectivity index (χ3n) is 4.81. The molecule has 3 aromatic carbocycles. The highest BCUT2D eigenvalue weighted by Crippen LogP contribution is 2.27. The van der Waals surface area contributed by atoms with Gasteiger partial charge in [0, 0.05) is 22.8 Å². The number of anilines is 1. The molecule has 10 heteroatoms. The number of aromatic nitrogens is 2. The molecule has 33 heavy (non-hydrogen) atoms. The summed E-state index contributed by atoms with van der Waals surface area (Å²) in [6.45, 7) is 1.67. The summed E-state index contributed by atoms with van der Waals surface area (Å²) >= 11 is 7.11. The van der Waals surface area contributed by atoms with Crippen LogP contribution in [0.3, 0.4) is 0 Å². The van der Waals surface area contributed by atoms with E-state index in [0.717, 1.165) is 11.8 Å². The van der Waals surface area contributed by atoms with Crippen LogP contribution >= 0.6 is 23.4 Å². The lowest BCUT2D eigenvalue weighted by Gasteiger charge is -2.16. The number of amides is 1. The number of carbonyl (C=O) groups excluding carboxylic acids is 1. The molecule has 1 atom stereocenters. The Hall–Kier alpha value is -3.69. The fourth-order valence-corrected chi connectivity index (χ4v) is 4.21. The molecule has 0 saturated heterocycles. The van der Waals surface area contributed by atoms with Crippen LogP contribution in [0.5, 0.6) is 0 Å². The van der Waals surface area contributed by atoms with Crippen molar-refractivity contribution in [2.24, 2.45) is 0 Å². The molecule has 0 saturated carbocycles. The van der Waals surface area contributed by atoms with Crippen LogP contribution in [0.2, 0.25) is 5.02 Å². The molecule has 0 fully saturated rings. The van der Waals surface area contributed by atoms with Crippen molar-refractivity contribution >= 4 is 51.5 Å². The SMILES string of the molecule is CC(Sc1nc2ccccc2c(=O)n1-c1ccc(Cl)cc1)C(=O)Nc1cccc([N+](=O)[O-])c1. The van der Waals surface area contributed by atoms with Crippen LogP contribution in [0, 0.1) is 10.1 Å². The Balaban J connectivity index is 1.68. The van der Waals surface area contributed by atoms with Crippen molar-refractivity contribution in [1.82, 2.24) is 9.55 Å². The average molecular weight is 481 g/mol. The summed E-state index contributed by atoms with van der Waals surface area (Å²) in [5.74, 6) is -0.384. The van der Waals surface area contributed by atoms with E-state index in [9.17, 15) is 19.7 Å². The molecule has 0 radical (unpaired) electrons. The predicted molar refractivity (Wildman–Crippen MR) is 129 cm³/mol. The van der Waals surface area contributed by atoms with E-state index in [2.05, 4.69) is 10.3 Å². The largest absolute Gasteiger partial charge is 0.325 e. The number of non-ortho nitro benzene ring substituents is 1. The number of hydrogen-bond donors (Lipinski definition) is 1. The van der Waals surface area contributed by atoms with Crippen LogP contribution in [-0.2, 0) is 4.79 Å². The van der Waals surface area contributed by atoms with Crippen molar-refractivity contribution in [2.45, 2.75) is 17.3 Å². The van der Waals surface area contributed by atoms with Crippen molar-refractivity contribution in [2.75, 3.05) is 5.32 Å². The van der Waals surface area contributed by atoms with Gasteiger partial charge < -0.3 is 5.32 Å². The molecule has 0 aliphatic rings. The lowest BCUT2D eigenvalue weighted by molar-refractivity contribution is -0.384. The molecule has 0 aliphatic heterocycles. The fourth-order valence-electron chi connectivity index (χ4n) is 3.16. The molecule has 1 aromatic heterocycles. The van der Waals surface area contributed by atoms with Gasteiger partial charge in [-0.25, -0.2) is 4.98 Å². The Bertz CT molecular complexity index is 1420. The first-order valence-electron chi connectivity index (χ1n) is 9.83. The summed E-state index contributed by atoms with van der Waals surface area (Å²) in [5.41, 5.74) is 0.999. The van der Waals surface area contributed by atoms with Gasteiger partial charge >= 0.3 is 0 Å². The Labute approximate surface area is 197 Å². The second-order valence-electron chi connectivity index (χ2n) is 7.09. The quantitative estimate of drug-likeness (QED) is 0.179. The van der Waals surface area contributed by atoms with Crippen molar-refractivity contribution in [1.29, 1.82) is 0 Å². The number of nitrogens with one attached hydrogen (secondary N) is 1. The van der Waals surface area contributed by atoms with Gasteiger partial charge in [0.05, 0.1) is 26.8 Å². The van der Waals surface area contributed by atoms with Crippen LogP contribution < -0.4 is 10.9 Å². The number of thioether (sulfide) groups is 1. The summed E-state index contributed by atoms with van der Waals surface area (Å²) in [7, 11) is 0. The van der Waals surface area contributed by atoms with E-state index in [-0.39, 0.29) is 17.2 Å². The number of nitrogens with zero attached hydrogens (tertiary/aromatic N) is 3. The average Bonchev–Trinajstić information content (AvgIpc) is 2.80. The highest BCUT2D eigenvalue weighted by atomic mass is 35.5. The highest BCUT2D eigenvalue weighted by molar-refractivity contribution is 8.00. The van der Waals surface area contributed by atoms with E-state index < -0.39 is 10.2 Å². The van der Waals surface area contributed by atoms with Gasteiger partial charge in [-0.3, -0.25) is 24.3 Å². The van der Waals surface area contributed by atoms with Crippen molar-refractivity contribution in [3.05, 3.63) is 98.3 Å². The smallest absolute Gasteiger partial charge is 0.271 e. The van der Waals surface area contributed by atoms with Crippen molar-refractivity contribution < 1.29 is 9.72 Å². The summed E-state index contributed by atoms with van der Waals surface area (Å²) < 4.78 is 1.44. The second-order valence-corrected chi connectivity index (χ2v) is 8.83. The third-order valence-corrected chi connectivity index (χ3v) is 6.11. The molecule has 1 heterocycles. The van der Waals surface area contributed by atoms with Gasteiger partial charge in [-0.15, -0.1) is 0 Å². The normalized spacial score (nSPS) is 11.8. The monoisotopic (exact) mass is 480 g/mol. The van der Waals surface area contributed by atoms with Gasteiger partial charge in [-0.1, -0.05) is 41.6 Å². The van der Waals surface area contributed by atoms with Crippen LogP contribution in [0.4, 0.5) is 11.4 Å². The minimum Gasteiger partial charge on any atom is -0.325 e. The predicted octanol–water partition coefficient (Wildman–Crippen LogP) is 5.07. The van der Waals surface area contributed by atoms with E-state index in [1.54, 1.807) is 61.5 Å². The fraction of sp³-hybridized carbons (Fsp3) is 0.0870. The molecular weight excluding hydrogens is 464 g/mol. The molecule has 4 aromatic rings. The zero-order valence-electron chi connectivity index (χ0n) is 17.3. The molecule has 8 nitrogen and oxygen atoms in total. The van der Waals surface area contributed by atoms with Crippen LogP contribution in [-0.4, -0.2) is 25.6 Å². The molecule has 0 bridgehead atoms. The van der Waals surface area contributed by atoms with Crippen LogP contribution in [0.25, 0.3) is 16.6 Å². The molecule has 1 N–H and O–H groups in total. The number of nitro groups is 1. The first-order chi connectivity index (χ1) is 15.8. The third kappa shape index (κ3) is 4.89. The molecule has 166 valence electrons. The number of nitro benzene ring substituents is 1. The molecular formula is C23H17ClN4O4S. The lowest BCUT2D eigenvalue weighted by atomic mass is 10.2. The Morgan fingerprint density at radius 3 is 2.58 bits per heavy atom. The Morgan fingerprint density at radius 1 is 1.12 bits per heavy atom. The highest BCUT2D eigenvalue weighted by Gasteiger charge is 2.21. The van der Waals surface area contributed by atoms with Gasteiger partial charge in [0.2, 0.25) is 5.91 Å². The topological polar surface area (TPSA) is 107 Å². The van der Waals surface area contributed by atoms with Gasteiger partial charge in [0.1, 0.15) is 0 Å². The van der Waals surface area contributed by atoms with E-state index in [1.807, 2.05) is 0 Å². The summed E-state index contributed by atoms with van der Waals surface area (Å²) in [5, 5.41) is 14.3. The number of halogens is 1. The maximum atomic E-state index is 13.3. The van der Waals surface area contributed by atoms with Gasteiger partial charge in [-0.05, 0) is 49.4 Å². The molecule has 1 unspecified atom stereocenters.